The minimum atomic E-state index is -0.295. The molecule has 1 aliphatic heterocycles. The van der Waals surface area contributed by atoms with Crippen LogP contribution in [0.3, 0.4) is 0 Å². The van der Waals surface area contributed by atoms with Crippen molar-refractivity contribution >= 4 is 11.6 Å². The van der Waals surface area contributed by atoms with E-state index in [9.17, 15) is 4.39 Å². The van der Waals surface area contributed by atoms with Gasteiger partial charge in [-0.3, -0.25) is 0 Å². The number of nitrogens with one attached hydrogen (secondary N) is 1. The molecule has 0 saturated carbocycles. The van der Waals surface area contributed by atoms with Gasteiger partial charge in [0.2, 0.25) is 0 Å². The topological polar surface area (TPSA) is 21.3 Å². The number of hydrogen-bond acceptors (Lipinski definition) is 2. The van der Waals surface area contributed by atoms with Crippen LogP contribution < -0.4 is 5.32 Å². The first-order valence-corrected chi connectivity index (χ1v) is 5.90. The van der Waals surface area contributed by atoms with Crippen molar-refractivity contribution in [1.82, 2.24) is 5.32 Å². The first kappa shape index (κ1) is 11.8. The molecule has 1 heterocycles. The minimum Gasteiger partial charge on any atom is -0.372 e. The van der Waals surface area contributed by atoms with Gasteiger partial charge in [0, 0.05) is 17.1 Å². The van der Waals surface area contributed by atoms with E-state index >= 15 is 0 Å². The van der Waals surface area contributed by atoms with Crippen LogP contribution in [-0.2, 0) is 11.3 Å². The van der Waals surface area contributed by atoms with Crippen LogP contribution in [0.15, 0.2) is 18.2 Å². The first-order chi connectivity index (χ1) is 7.77. The second kappa shape index (κ2) is 5.62. The second-order valence-electron chi connectivity index (χ2n) is 3.98. The summed E-state index contributed by atoms with van der Waals surface area (Å²) in [5.74, 6) is -0.295. The van der Waals surface area contributed by atoms with Gasteiger partial charge in [0.1, 0.15) is 5.82 Å². The fourth-order valence-corrected chi connectivity index (χ4v) is 2.05. The van der Waals surface area contributed by atoms with E-state index in [0.717, 1.165) is 25.9 Å². The van der Waals surface area contributed by atoms with E-state index in [0.29, 0.717) is 10.6 Å². The van der Waals surface area contributed by atoms with E-state index in [2.05, 4.69) is 5.32 Å². The highest BCUT2D eigenvalue weighted by atomic mass is 35.5. The average Bonchev–Trinajstić information content (AvgIpc) is 2.30. The van der Waals surface area contributed by atoms with E-state index in [4.69, 9.17) is 16.3 Å². The maximum atomic E-state index is 13.4. The van der Waals surface area contributed by atoms with Crippen molar-refractivity contribution in [2.45, 2.75) is 25.6 Å². The van der Waals surface area contributed by atoms with Gasteiger partial charge in [-0.15, -0.1) is 0 Å². The Kier molecular flexibility index (Phi) is 4.16. The minimum absolute atomic E-state index is 0.171. The van der Waals surface area contributed by atoms with Gasteiger partial charge in [-0.2, -0.15) is 0 Å². The molecule has 1 unspecified atom stereocenters. The second-order valence-corrected chi connectivity index (χ2v) is 4.39. The quantitative estimate of drug-likeness (QED) is 0.882. The van der Waals surface area contributed by atoms with Crippen molar-refractivity contribution < 1.29 is 9.13 Å². The maximum absolute atomic E-state index is 13.4. The molecule has 0 aliphatic carbocycles. The largest absolute Gasteiger partial charge is 0.372 e. The molecule has 1 saturated heterocycles. The Balaban J connectivity index is 1.93. The van der Waals surface area contributed by atoms with Crippen LogP contribution in [0.2, 0.25) is 5.02 Å². The van der Waals surface area contributed by atoms with Crippen molar-refractivity contribution in [1.29, 1.82) is 0 Å². The van der Waals surface area contributed by atoms with Crippen molar-refractivity contribution in [3.8, 4) is 0 Å². The molecule has 88 valence electrons. The lowest BCUT2D eigenvalue weighted by Crippen LogP contribution is -2.35. The van der Waals surface area contributed by atoms with Gasteiger partial charge in [-0.05, 0) is 31.5 Å². The smallest absolute Gasteiger partial charge is 0.130 e. The molecule has 4 heteroatoms. The van der Waals surface area contributed by atoms with Crippen LogP contribution in [0.1, 0.15) is 18.4 Å². The van der Waals surface area contributed by atoms with E-state index in [1.165, 1.54) is 6.07 Å². The number of piperidine rings is 1. The number of rotatable bonds is 3. The average molecular weight is 244 g/mol. The highest BCUT2D eigenvalue weighted by molar-refractivity contribution is 6.31. The number of ether oxygens (including phenoxy) is 1. The summed E-state index contributed by atoms with van der Waals surface area (Å²) < 4.78 is 19.1. The van der Waals surface area contributed by atoms with Crippen LogP contribution in [0.5, 0.6) is 0 Å². The molecule has 0 aromatic heterocycles. The fraction of sp³-hybridized carbons (Fsp3) is 0.500. The Hall–Kier alpha value is -0.640. The van der Waals surface area contributed by atoms with Gasteiger partial charge >= 0.3 is 0 Å². The predicted octanol–water partition coefficient (Wildman–Crippen LogP) is 2.75. The van der Waals surface area contributed by atoms with Gasteiger partial charge in [0.15, 0.2) is 0 Å². The molecule has 0 amide bonds. The van der Waals surface area contributed by atoms with Gasteiger partial charge in [0.25, 0.3) is 0 Å². The molecule has 0 bridgehead atoms. The van der Waals surface area contributed by atoms with Crippen LogP contribution in [0.4, 0.5) is 4.39 Å². The van der Waals surface area contributed by atoms with E-state index in [1.54, 1.807) is 12.1 Å². The molecule has 1 aromatic rings. The third-order valence-corrected chi connectivity index (χ3v) is 3.13. The zero-order valence-corrected chi connectivity index (χ0v) is 9.77. The molecule has 1 aromatic carbocycles. The van der Waals surface area contributed by atoms with Crippen LogP contribution in [0, 0.1) is 5.82 Å². The number of benzene rings is 1. The van der Waals surface area contributed by atoms with Gasteiger partial charge in [-0.1, -0.05) is 17.7 Å². The highest BCUT2D eigenvalue weighted by Crippen LogP contribution is 2.21. The number of halogens is 2. The summed E-state index contributed by atoms with van der Waals surface area (Å²) in [5.41, 5.74) is 0.453. The Morgan fingerprint density at radius 1 is 1.50 bits per heavy atom. The molecule has 1 N–H and O–H groups in total. The number of hydrogen-bond donors (Lipinski definition) is 1. The molecule has 1 atom stereocenters. The van der Waals surface area contributed by atoms with E-state index < -0.39 is 0 Å². The van der Waals surface area contributed by atoms with Crippen molar-refractivity contribution in [2.75, 3.05) is 13.1 Å². The molecule has 2 rings (SSSR count). The molecule has 2 nitrogen and oxygen atoms in total. The van der Waals surface area contributed by atoms with Crippen molar-refractivity contribution in [3.63, 3.8) is 0 Å². The Labute approximate surface area is 99.7 Å². The van der Waals surface area contributed by atoms with Gasteiger partial charge in [-0.25, -0.2) is 4.39 Å². The molecule has 1 aliphatic rings. The summed E-state index contributed by atoms with van der Waals surface area (Å²) in [5, 5.41) is 3.68. The van der Waals surface area contributed by atoms with Gasteiger partial charge < -0.3 is 10.1 Å². The zero-order valence-electron chi connectivity index (χ0n) is 9.01. The lowest BCUT2D eigenvalue weighted by atomic mass is 10.1. The summed E-state index contributed by atoms with van der Waals surface area (Å²) in [6, 6.07) is 4.69. The lowest BCUT2D eigenvalue weighted by molar-refractivity contribution is 0.0240. The van der Waals surface area contributed by atoms with E-state index in [-0.39, 0.29) is 18.5 Å². The van der Waals surface area contributed by atoms with E-state index in [1.807, 2.05) is 0 Å². The van der Waals surface area contributed by atoms with Crippen LogP contribution in [0.25, 0.3) is 0 Å². The Morgan fingerprint density at radius 3 is 3.06 bits per heavy atom. The SMILES string of the molecule is Fc1cccc(Cl)c1COC1CCCNC1. The molecule has 1 fully saturated rings. The summed E-state index contributed by atoms with van der Waals surface area (Å²) in [4.78, 5) is 0. The van der Waals surface area contributed by atoms with Crippen LogP contribution in [-0.4, -0.2) is 19.2 Å². The highest BCUT2D eigenvalue weighted by Gasteiger charge is 2.15. The summed E-state index contributed by atoms with van der Waals surface area (Å²) in [6.07, 6.45) is 2.30. The molecule has 0 radical (unpaired) electrons. The Bertz CT molecular complexity index is 333. The normalized spacial score (nSPS) is 21.0. The molecule has 16 heavy (non-hydrogen) atoms. The summed E-state index contributed by atoms with van der Waals surface area (Å²) >= 11 is 5.91. The first-order valence-electron chi connectivity index (χ1n) is 5.52. The van der Waals surface area contributed by atoms with Crippen molar-refractivity contribution in [3.05, 3.63) is 34.6 Å². The Morgan fingerprint density at radius 2 is 2.38 bits per heavy atom. The van der Waals surface area contributed by atoms with Crippen LogP contribution >= 0.6 is 11.6 Å². The fourth-order valence-electron chi connectivity index (χ4n) is 1.83. The summed E-state index contributed by atoms with van der Waals surface area (Å²) in [7, 11) is 0. The molecular weight excluding hydrogens is 229 g/mol. The standard InChI is InChI=1S/C12H15ClFNO/c13-11-4-1-5-12(14)10(11)8-16-9-3-2-6-15-7-9/h1,4-5,9,15H,2-3,6-8H2. The maximum Gasteiger partial charge on any atom is 0.130 e. The third-order valence-electron chi connectivity index (χ3n) is 2.78. The van der Waals surface area contributed by atoms with Crippen molar-refractivity contribution in [2.24, 2.45) is 0 Å². The molecule has 0 spiro atoms. The summed E-state index contributed by atoms with van der Waals surface area (Å²) in [6.45, 7) is 2.13. The third kappa shape index (κ3) is 2.94. The predicted molar refractivity (Wildman–Crippen MR) is 62.1 cm³/mol. The molecular formula is C12H15ClFNO. The monoisotopic (exact) mass is 243 g/mol. The van der Waals surface area contributed by atoms with Gasteiger partial charge in [0.05, 0.1) is 12.7 Å². The zero-order chi connectivity index (χ0) is 11.4. The lowest BCUT2D eigenvalue weighted by Gasteiger charge is -2.23.